The summed E-state index contributed by atoms with van der Waals surface area (Å²) in [5.74, 6) is -0.0286. The van der Waals surface area contributed by atoms with Gasteiger partial charge in [-0.1, -0.05) is 6.42 Å². The first-order chi connectivity index (χ1) is 7.75. The van der Waals surface area contributed by atoms with Crippen LogP contribution in [0.15, 0.2) is 16.7 Å². The van der Waals surface area contributed by atoms with Crippen LogP contribution in [0.4, 0.5) is 0 Å². The Morgan fingerprint density at radius 2 is 2.31 bits per heavy atom. The molecule has 0 amide bonds. The zero-order chi connectivity index (χ0) is 11.1. The molecular formula is C11H10N2O3. The van der Waals surface area contributed by atoms with Crippen LogP contribution in [0.1, 0.15) is 41.4 Å². The van der Waals surface area contributed by atoms with E-state index in [-0.39, 0.29) is 5.56 Å². The molecule has 0 spiro atoms. The van der Waals surface area contributed by atoms with Crippen LogP contribution in [0.3, 0.4) is 0 Å². The van der Waals surface area contributed by atoms with E-state index in [9.17, 15) is 4.79 Å². The average Bonchev–Trinajstić information content (AvgIpc) is 2.56. The molecule has 5 nitrogen and oxygen atoms in total. The number of carboxylic acids is 1. The Bertz CT molecular complexity index is 557. The van der Waals surface area contributed by atoms with Crippen LogP contribution in [-0.2, 0) is 0 Å². The number of oxazole rings is 1. The van der Waals surface area contributed by atoms with E-state index in [1.54, 1.807) is 0 Å². The minimum atomic E-state index is -0.999. The first-order valence-electron chi connectivity index (χ1n) is 5.24. The predicted molar refractivity (Wildman–Crippen MR) is 55.4 cm³/mol. The van der Waals surface area contributed by atoms with Crippen LogP contribution in [0.5, 0.6) is 0 Å². The summed E-state index contributed by atoms with van der Waals surface area (Å²) in [7, 11) is 0. The molecular weight excluding hydrogens is 208 g/mol. The van der Waals surface area contributed by atoms with Gasteiger partial charge in [-0.2, -0.15) is 0 Å². The van der Waals surface area contributed by atoms with E-state index in [1.165, 1.54) is 18.7 Å². The van der Waals surface area contributed by atoms with Crippen LogP contribution in [0, 0.1) is 0 Å². The first kappa shape index (κ1) is 9.33. The third-order valence-electron chi connectivity index (χ3n) is 3.00. The lowest BCUT2D eigenvalue weighted by atomic mass is 9.85. The molecule has 3 rings (SSSR count). The van der Waals surface area contributed by atoms with Crippen LogP contribution in [-0.4, -0.2) is 21.0 Å². The van der Waals surface area contributed by atoms with E-state index < -0.39 is 5.97 Å². The number of carboxylic acid groups (broad SMARTS) is 1. The van der Waals surface area contributed by atoms with E-state index in [0.717, 1.165) is 12.8 Å². The Morgan fingerprint density at radius 1 is 1.50 bits per heavy atom. The van der Waals surface area contributed by atoms with Crippen molar-refractivity contribution >= 4 is 17.2 Å². The number of carbonyl (C=O) groups is 1. The van der Waals surface area contributed by atoms with Gasteiger partial charge in [-0.3, -0.25) is 0 Å². The molecule has 0 unspecified atom stereocenters. The maximum Gasteiger partial charge on any atom is 0.338 e. The van der Waals surface area contributed by atoms with Crippen molar-refractivity contribution in [1.29, 1.82) is 0 Å². The fraction of sp³-hybridized carbons (Fsp3) is 0.364. The summed E-state index contributed by atoms with van der Waals surface area (Å²) in [5, 5.41) is 8.99. The maximum atomic E-state index is 11.0. The molecule has 82 valence electrons. The summed E-state index contributed by atoms with van der Waals surface area (Å²) < 4.78 is 5.48. The fourth-order valence-electron chi connectivity index (χ4n) is 1.85. The highest BCUT2D eigenvalue weighted by Crippen LogP contribution is 2.37. The standard InChI is InChI=1S/C11H10N2O3/c14-11(15)7-4-5-12-10-8(7)13-9(16-10)6-2-1-3-6/h4-6H,1-3H2,(H,14,15). The first-order valence-corrected chi connectivity index (χ1v) is 5.24. The molecule has 0 saturated heterocycles. The minimum absolute atomic E-state index is 0.152. The summed E-state index contributed by atoms with van der Waals surface area (Å²) in [6.45, 7) is 0. The number of hydrogen-bond acceptors (Lipinski definition) is 4. The molecule has 1 aliphatic rings. The molecule has 1 aliphatic carbocycles. The van der Waals surface area contributed by atoms with E-state index in [0.29, 0.717) is 23.0 Å². The molecule has 1 fully saturated rings. The third-order valence-corrected chi connectivity index (χ3v) is 3.00. The predicted octanol–water partition coefficient (Wildman–Crippen LogP) is 2.19. The second-order valence-electron chi connectivity index (χ2n) is 4.00. The number of hydrogen-bond donors (Lipinski definition) is 1. The van der Waals surface area contributed by atoms with Crippen LogP contribution >= 0.6 is 0 Å². The second kappa shape index (κ2) is 3.30. The van der Waals surface area contributed by atoms with Gasteiger partial charge in [0.15, 0.2) is 0 Å². The van der Waals surface area contributed by atoms with Crippen molar-refractivity contribution in [2.45, 2.75) is 25.2 Å². The van der Waals surface area contributed by atoms with Crippen molar-refractivity contribution in [2.24, 2.45) is 0 Å². The van der Waals surface area contributed by atoms with Gasteiger partial charge in [0.1, 0.15) is 5.52 Å². The molecule has 5 heteroatoms. The molecule has 2 aromatic rings. The Balaban J connectivity index is 2.15. The highest BCUT2D eigenvalue weighted by atomic mass is 16.4. The fourth-order valence-corrected chi connectivity index (χ4v) is 1.85. The lowest BCUT2D eigenvalue weighted by Crippen LogP contribution is -2.08. The second-order valence-corrected chi connectivity index (χ2v) is 4.00. The van der Waals surface area contributed by atoms with Crippen molar-refractivity contribution in [1.82, 2.24) is 9.97 Å². The van der Waals surface area contributed by atoms with E-state index in [1.807, 2.05) is 0 Å². The van der Waals surface area contributed by atoms with Crippen LogP contribution < -0.4 is 0 Å². The topological polar surface area (TPSA) is 76.2 Å². The molecule has 0 radical (unpaired) electrons. The van der Waals surface area contributed by atoms with E-state index >= 15 is 0 Å². The third kappa shape index (κ3) is 1.28. The Hall–Kier alpha value is -1.91. The Kier molecular flexibility index (Phi) is 1.92. The van der Waals surface area contributed by atoms with Crippen molar-refractivity contribution in [3.8, 4) is 0 Å². The summed E-state index contributed by atoms with van der Waals surface area (Å²) in [4.78, 5) is 19.2. The van der Waals surface area contributed by atoms with Gasteiger partial charge >= 0.3 is 5.97 Å². The van der Waals surface area contributed by atoms with Crippen molar-refractivity contribution < 1.29 is 14.3 Å². The van der Waals surface area contributed by atoms with E-state index in [2.05, 4.69) is 9.97 Å². The van der Waals surface area contributed by atoms with Crippen LogP contribution in [0.2, 0.25) is 0 Å². The molecule has 0 atom stereocenters. The van der Waals surface area contributed by atoms with Gasteiger partial charge in [0.05, 0.1) is 5.56 Å². The van der Waals surface area contributed by atoms with Crippen molar-refractivity contribution in [3.63, 3.8) is 0 Å². The molecule has 2 aromatic heterocycles. The monoisotopic (exact) mass is 218 g/mol. The quantitative estimate of drug-likeness (QED) is 0.836. The Morgan fingerprint density at radius 3 is 2.94 bits per heavy atom. The van der Waals surface area contributed by atoms with Gasteiger partial charge in [-0.15, -0.1) is 0 Å². The number of aromatic carboxylic acids is 1. The summed E-state index contributed by atoms with van der Waals surface area (Å²) >= 11 is 0. The number of aromatic nitrogens is 2. The molecule has 16 heavy (non-hydrogen) atoms. The number of rotatable bonds is 2. The molecule has 1 saturated carbocycles. The molecule has 1 N–H and O–H groups in total. The normalized spacial score (nSPS) is 16.2. The molecule has 2 heterocycles. The van der Waals surface area contributed by atoms with Crippen molar-refractivity contribution in [2.75, 3.05) is 0 Å². The highest BCUT2D eigenvalue weighted by molar-refractivity contribution is 5.99. The Labute approximate surface area is 91.1 Å². The number of fused-ring (bicyclic) bond motifs is 1. The zero-order valence-electron chi connectivity index (χ0n) is 8.51. The van der Waals surface area contributed by atoms with Gasteiger partial charge in [0, 0.05) is 12.1 Å². The summed E-state index contributed by atoms with van der Waals surface area (Å²) in [5.41, 5.74) is 0.832. The molecule has 0 aliphatic heterocycles. The van der Waals surface area contributed by atoms with Gasteiger partial charge in [0.2, 0.25) is 11.6 Å². The molecule has 0 aromatic carbocycles. The van der Waals surface area contributed by atoms with Gasteiger partial charge in [0.25, 0.3) is 0 Å². The van der Waals surface area contributed by atoms with Gasteiger partial charge < -0.3 is 9.52 Å². The number of pyridine rings is 1. The summed E-state index contributed by atoms with van der Waals surface area (Å²) in [6, 6.07) is 1.44. The van der Waals surface area contributed by atoms with Gasteiger partial charge in [-0.25, -0.2) is 14.8 Å². The maximum absolute atomic E-state index is 11.0. The highest BCUT2D eigenvalue weighted by Gasteiger charge is 2.26. The SMILES string of the molecule is O=C(O)c1ccnc2oc(C3CCC3)nc12. The lowest BCUT2D eigenvalue weighted by molar-refractivity contribution is 0.0698. The summed E-state index contributed by atoms with van der Waals surface area (Å²) in [6.07, 6.45) is 4.74. The minimum Gasteiger partial charge on any atom is -0.478 e. The lowest BCUT2D eigenvalue weighted by Gasteiger charge is -2.21. The van der Waals surface area contributed by atoms with Crippen molar-refractivity contribution in [3.05, 3.63) is 23.7 Å². The van der Waals surface area contributed by atoms with E-state index in [4.69, 9.17) is 9.52 Å². The zero-order valence-corrected chi connectivity index (χ0v) is 8.51. The number of nitrogens with zero attached hydrogens (tertiary/aromatic N) is 2. The van der Waals surface area contributed by atoms with Crippen LogP contribution in [0.25, 0.3) is 11.2 Å². The molecule has 0 bridgehead atoms. The smallest absolute Gasteiger partial charge is 0.338 e. The average molecular weight is 218 g/mol. The van der Waals surface area contributed by atoms with Gasteiger partial charge in [-0.05, 0) is 18.9 Å². The largest absolute Gasteiger partial charge is 0.478 e.